The fraction of sp³-hybridized carbons (Fsp3) is 0.318. The number of imidazole rings is 1. The van der Waals surface area contributed by atoms with E-state index in [1.807, 2.05) is 12.3 Å². The highest BCUT2D eigenvalue weighted by molar-refractivity contribution is 5.71. The summed E-state index contributed by atoms with van der Waals surface area (Å²) in [5, 5.41) is 3.56. The number of hydrogen-bond donors (Lipinski definition) is 1. The highest BCUT2D eigenvalue weighted by atomic mass is 16.5. The number of benzene rings is 2. The van der Waals surface area contributed by atoms with Gasteiger partial charge in [-0.05, 0) is 43.5 Å². The molecule has 3 aromatic rings. The van der Waals surface area contributed by atoms with E-state index >= 15 is 0 Å². The van der Waals surface area contributed by atoms with Gasteiger partial charge in [-0.2, -0.15) is 0 Å². The van der Waals surface area contributed by atoms with E-state index in [-0.39, 0.29) is 6.04 Å². The molecule has 0 saturated heterocycles. The molecule has 5 nitrogen and oxygen atoms in total. The van der Waals surface area contributed by atoms with Crippen molar-refractivity contribution in [3.8, 4) is 22.8 Å². The molecule has 27 heavy (non-hydrogen) atoms. The van der Waals surface area contributed by atoms with Crippen molar-refractivity contribution < 1.29 is 9.47 Å². The third-order valence-electron chi connectivity index (χ3n) is 5.27. The Morgan fingerprint density at radius 1 is 1.07 bits per heavy atom. The molecule has 1 atom stereocenters. The van der Waals surface area contributed by atoms with Crippen LogP contribution in [-0.4, -0.2) is 23.8 Å². The second-order valence-corrected chi connectivity index (χ2v) is 7.01. The van der Waals surface area contributed by atoms with E-state index in [1.165, 1.54) is 16.7 Å². The van der Waals surface area contributed by atoms with Crippen molar-refractivity contribution in [2.75, 3.05) is 19.5 Å². The van der Waals surface area contributed by atoms with Gasteiger partial charge in [0.05, 0.1) is 32.2 Å². The molecule has 0 radical (unpaired) electrons. The van der Waals surface area contributed by atoms with Gasteiger partial charge in [0, 0.05) is 12.1 Å². The number of hydrogen-bond acceptors (Lipinski definition) is 4. The maximum absolute atomic E-state index is 5.49. The maximum Gasteiger partial charge on any atom is 0.203 e. The second kappa shape index (κ2) is 6.99. The molecule has 5 heteroatoms. The minimum absolute atomic E-state index is 0.184. The number of fused-ring (bicyclic) bond motifs is 3. The Balaban J connectivity index is 1.65. The molecule has 2 aromatic carbocycles. The van der Waals surface area contributed by atoms with E-state index in [4.69, 9.17) is 9.47 Å². The molecule has 4 rings (SSSR count). The Kier molecular flexibility index (Phi) is 4.52. The van der Waals surface area contributed by atoms with Gasteiger partial charge in [-0.25, -0.2) is 4.98 Å². The summed E-state index contributed by atoms with van der Waals surface area (Å²) in [5.41, 5.74) is 6.04. The molecular weight excluding hydrogens is 338 g/mol. The minimum Gasteiger partial charge on any atom is -0.493 e. The highest BCUT2D eigenvalue weighted by Crippen LogP contribution is 2.39. The van der Waals surface area contributed by atoms with Crippen LogP contribution in [0.2, 0.25) is 0 Å². The normalized spacial score (nSPS) is 13.5. The Bertz CT molecular complexity index is 960. The lowest BCUT2D eigenvalue weighted by atomic mass is 9.98. The van der Waals surface area contributed by atoms with Crippen LogP contribution < -0.4 is 14.8 Å². The molecule has 1 aliphatic rings. The van der Waals surface area contributed by atoms with Gasteiger partial charge in [-0.15, -0.1) is 0 Å². The molecule has 140 valence electrons. The van der Waals surface area contributed by atoms with Crippen LogP contribution in [0.5, 0.6) is 11.5 Å². The smallest absolute Gasteiger partial charge is 0.203 e. The van der Waals surface area contributed by atoms with Crippen LogP contribution in [0.3, 0.4) is 0 Å². The number of methoxy groups -OCH3 is 2. The molecule has 0 bridgehead atoms. The molecular formula is C22H25N3O2. The van der Waals surface area contributed by atoms with Gasteiger partial charge >= 0.3 is 0 Å². The SMILES string of the molecule is COc1cc2c(cc1OC)-c1cnc(NC(C)c3ccc(C)cc3)n1CC2. The maximum atomic E-state index is 5.49. The Labute approximate surface area is 160 Å². The first-order valence-electron chi connectivity index (χ1n) is 9.24. The van der Waals surface area contributed by atoms with Crippen molar-refractivity contribution in [1.29, 1.82) is 0 Å². The van der Waals surface area contributed by atoms with Crippen LogP contribution in [-0.2, 0) is 13.0 Å². The predicted molar refractivity (Wildman–Crippen MR) is 108 cm³/mol. The second-order valence-electron chi connectivity index (χ2n) is 7.01. The topological polar surface area (TPSA) is 48.3 Å². The van der Waals surface area contributed by atoms with Gasteiger partial charge in [0.25, 0.3) is 0 Å². The molecule has 1 unspecified atom stereocenters. The van der Waals surface area contributed by atoms with Gasteiger partial charge < -0.3 is 19.4 Å². The zero-order valence-corrected chi connectivity index (χ0v) is 16.2. The van der Waals surface area contributed by atoms with Crippen LogP contribution in [0.4, 0.5) is 5.95 Å². The first-order chi connectivity index (χ1) is 13.1. The van der Waals surface area contributed by atoms with Crippen molar-refractivity contribution in [3.63, 3.8) is 0 Å². The molecule has 1 aromatic heterocycles. The van der Waals surface area contributed by atoms with E-state index in [1.54, 1.807) is 14.2 Å². The van der Waals surface area contributed by atoms with Gasteiger partial charge in [0.15, 0.2) is 11.5 Å². The van der Waals surface area contributed by atoms with Crippen LogP contribution in [0.1, 0.15) is 29.7 Å². The molecule has 1 aliphatic heterocycles. The third kappa shape index (κ3) is 3.14. The summed E-state index contributed by atoms with van der Waals surface area (Å²) in [4.78, 5) is 4.66. The van der Waals surface area contributed by atoms with Gasteiger partial charge in [-0.3, -0.25) is 0 Å². The number of rotatable bonds is 5. The lowest BCUT2D eigenvalue weighted by molar-refractivity contribution is 0.354. The van der Waals surface area contributed by atoms with Gasteiger partial charge in [0.1, 0.15) is 0 Å². The molecule has 0 fully saturated rings. The van der Waals surface area contributed by atoms with E-state index in [0.29, 0.717) is 0 Å². The predicted octanol–water partition coefficient (Wildman–Crippen LogP) is 4.60. The van der Waals surface area contributed by atoms with Crippen molar-refractivity contribution in [2.24, 2.45) is 0 Å². The average Bonchev–Trinajstić information content (AvgIpc) is 3.10. The van der Waals surface area contributed by atoms with E-state index in [9.17, 15) is 0 Å². The molecule has 0 saturated carbocycles. The summed E-state index contributed by atoms with van der Waals surface area (Å²) < 4.78 is 13.2. The molecule has 0 spiro atoms. The number of nitrogens with one attached hydrogen (secondary N) is 1. The molecule has 2 heterocycles. The van der Waals surface area contributed by atoms with Crippen molar-refractivity contribution in [2.45, 2.75) is 32.9 Å². The summed E-state index contributed by atoms with van der Waals surface area (Å²) >= 11 is 0. The summed E-state index contributed by atoms with van der Waals surface area (Å²) in [7, 11) is 3.34. The summed E-state index contributed by atoms with van der Waals surface area (Å²) in [6.45, 7) is 5.16. The Hall–Kier alpha value is -2.95. The summed E-state index contributed by atoms with van der Waals surface area (Å²) in [6, 6.07) is 12.9. The van der Waals surface area contributed by atoms with Gasteiger partial charge in [0.2, 0.25) is 5.95 Å². The van der Waals surface area contributed by atoms with E-state index in [2.05, 4.69) is 59.0 Å². The average molecular weight is 363 g/mol. The fourth-order valence-corrected chi connectivity index (χ4v) is 3.66. The van der Waals surface area contributed by atoms with Crippen LogP contribution >= 0.6 is 0 Å². The molecule has 0 amide bonds. The van der Waals surface area contributed by atoms with Crippen LogP contribution in [0.25, 0.3) is 11.3 Å². The van der Waals surface area contributed by atoms with E-state index < -0.39 is 0 Å². The summed E-state index contributed by atoms with van der Waals surface area (Å²) in [6.07, 6.45) is 2.88. The highest BCUT2D eigenvalue weighted by Gasteiger charge is 2.23. The lowest BCUT2D eigenvalue weighted by Crippen LogP contribution is -2.16. The first kappa shape index (κ1) is 17.5. The third-order valence-corrected chi connectivity index (χ3v) is 5.27. The standard InChI is InChI=1S/C22H25N3O2/c1-14-5-7-16(8-6-14)15(2)24-22-23-13-19-18-12-21(27-4)20(26-3)11-17(18)9-10-25(19)22/h5-8,11-13,15H,9-10H2,1-4H3,(H,23,24). The molecule has 1 N–H and O–H groups in total. The van der Waals surface area contributed by atoms with Crippen molar-refractivity contribution >= 4 is 5.95 Å². The number of anilines is 1. The van der Waals surface area contributed by atoms with Crippen molar-refractivity contribution in [3.05, 3.63) is 59.3 Å². The zero-order valence-electron chi connectivity index (χ0n) is 16.2. The summed E-state index contributed by atoms with van der Waals surface area (Å²) in [5.74, 6) is 2.42. The van der Waals surface area contributed by atoms with Gasteiger partial charge in [-0.1, -0.05) is 29.8 Å². The number of ether oxygens (including phenoxy) is 2. The Morgan fingerprint density at radius 3 is 2.48 bits per heavy atom. The van der Waals surface area contributed by atoms with Crippen LogP contribution in [0, 0.1) is 6.92 Å². The zero-order chi connectivity index (χ0) is 19.0. The number of aromatic nitrogens is 2. The number of aryl methyl sites for hydroxylation is 2. The lowest BCUT2D eigenvalue weighted by Gasteiger charge is -2.23. The molecule has 0 aliphatic carbocycles. The minimum atomic E-state index is 0.184. The quantitative estimate of drug-likeness (QED) is 0.719. The monoisotopic (exact) mass is 363 g/mol. The first-order valence-corrected chi connectivity index (χ1v) is 9.24. The fourth-order valence-electron chi connectivity index (χ4n) is 3.66. The Morgan fingerprint density at radius 2 is 1.78 bits per heavy atom. The largest absolute Gasteiger partial charge is 0.493 e. The van der Waals surface area contributed by atoms with Crippen LogP contribution in [0.15, 0.2) is 42.6 Å². The van der Waals surface area contributed by atoms with Crippen molar-refractivity contribution in [1.82, 2.24) is 9.55 Å². The number of nitrogens with zero attached hydrogens (tertiary/aromatic N) is 2. The van der Waals surface area contributed by atoms with E-state index in [0.717, 1.165) is 41.7 Å².